The van der Waals surface area contributed by atoms with Crippen molar-refractivity contribution in [3.8, 4) is 0 Å². The molecule has 0 amide bonds. The Bertz CT molecular complexity index is 341. The van der Waals surface area contributed by atoms with E-state index in [2.05, 4.69) is 46.4 Å². The number of Topliss-reactive ketones (excluding diaryl/α,β-unsaturated/α-hetero) is 2. The maximum Gasteiger partial charge on any atom is 0.147 e. The van der Waals surface area contributed by atoms with Gasteiger partial charge < -0.3 is 0 Å². The molecule has 1 heterocycles. The van der Waals surface area contributed by atoms with E-state index in [1.54, 1.807) is 0 Å². The Balaban J connectivity index is 2.29. The number of carbonyl (C=O) groups excluding carboxylic acids is 2. The van der Waals surface area contributed by atoms with Crippen molar-refractivity contribution < 1.29 is 9.59 Å². The zero-order valence-corrected chi connectivity index (χ0v) is 15.5. The van der Waals surface area contributed by atoms with Gasteiger partial charge in [0, 0.05) is 19.3 Å². The number of hydrogen-bond acceptors (Lipinski definition) is 3. The van der Waals surface area contributed by atoms with Crippen molar-refractivity contribution in [2.24, 2.45) is 16.7 Å². The van der Waals surface area contributed by atoms with Crippen LogP contribution in [0.2, 0.25) is 0 Å². The molecule has 22 heavy (non-hydrogen) atoms. The number of piperidine rings is 1. The average molecular weight is 309 g/mol. The lowest BCUT2D eigenvalue weighted by Crippen LogP contribution is -2.38. The molecule has 0 atom stereocenters. The molecule has 0 aliphatic carbocycles. The summed E-state index contributed by atoms with van der Waals surface area (Å²) >= 11 is 0. The van der Waals surface area contributed by atoms with Crippen molar-refractivity contribution in [3.63, 3.8) is 0 Å². The smallest absolute Gasteiger partial charge is 0.147 e. The van der Waals surface area contributed by atoms with Gasteiger partial charge in [0.25, 0.3) is 0 Å². The number of hydrogen-bond donors (Lipinski definition) is 0. The molecule has 0 bridgehead atoms. The van der Waals surface area contributed by atoms with Crippen LogP contribution in [0.3, 0.4) is 0 Å². The normalized spacial score (nSPS) is 18.5. The minimum atomic E-state index is 0.0782. The van der Waals surface area contributed by atoms with Crippen molar-refractivity contribution in [2.45, 2.75) is 73.6 Å². The molecule has 1 rings (SSSR count). The number of ketones is 2. The summed E-state index contributed by atoms with van der Waals surface area (Å²) in [6, 6.07) is 0. The predicted octanol–water partition coefficient (Wildman–Crippen LogP) is 4.10. The first kappa shape index (κ1) is 19.3. The highest BCUT2D eigenvalue weighted by molar-refractivity contribution is 5.81. The van der Waals surface area contributed by atoms with Crippen LogP contribution in [-0.2, 0) is 9.59 Å². The Hall–Kier alpha value is -0.700. The molecule has 128 valence electrons. The van der Waals surface area contributed by atoms with E-state index in [1.165, 1.54) is 0 Å². The van der Waals surface area contributed by atoms with Crippen LogP contribution in [0.5, 0.6) is 0 Å². The van der Waals surface area contributed by atoms with E-state index in [4.69, 9.17) is 0 Å². The van der Waals surface area contributed by atoms with Gasteiger partial charge in [0.1, 0.15) is 11.6 Å². The first-order valence-corrected chi connectivity index (χ1v) is 8.70. The first-order valence-electron chi connectivity index (χ1n) is 8.70. The highest BCUT2D eigenvalue weighted by atomic mass is 16.1. The quantitative estimate of drug-likeness (QED) is 0.741. The number of likely N-dealkylation sites (tertiary alicyclic amines) is 1. The SMILES string of the molecule is CC(C)(C)CC(=O)CC1CCN(CC(=O)CC(C)(C)C)CC1. The first-order chi connectivity index (χ1) is 9.94. The molecule has 1 fully saturated rings. The van der Waals surface area contributed by atoms with Gasteiger partial charge in [-0.15, -0.1) is 0 Å². The molecule has 1 aliphatic rings. The molecule has 0 aromatic heterocycles. The molecular formula is C19H35NO2. The van der Waals surface area contributed by atoms with Crippen LogP contribution in [0.25, 0.3) is 0 Å². The van der Waals surface area contributed by atoms with Crippen molar-refractivity contribution >= 4 is 11.6 Å². The van der Waals surface area contributed by atoms with Crippen LogP contribution in [0.15, 0.2) is 0 Å². The lowest BCUT2D eigenvalue weighted by molar-refractivity contribution is -0.124. The summed E-state index contributed by atoms with van der Waals surface area (Å²) in [5, 5.41) is 0. The summed E-state index contributed by atoms with van der Waals surface area (Å²) in [4.78, 5) is 26.4. The Morgan fingerprint density at radius 1 is 0.864 bits per heavy atom. The minimum Gasteiger partial charge on any atom is -0.300 e. The van der Waals surface area contributed by atoms with Crippen LogP contribution in [0, 0.1) is 16.7 Å². The standard InChI is InChI=1S/C19H35NO2/c1-18(2,3)12-16(21)11-15-7-9-20(10-8-15)14-17(22)13-19(4,5)6/h15H,7-14H2,1-6H3. The summed E-state index contributed by atoms with van der Waals surface area (Å²) in [6.07, 6.45) is 4.16. The van der Waals surface area contributed by atoms with Gasteiger partial charge in [-0.05, 0) is 42.7 Å². The summed E-state index contributed by atoms with van der Waals surface area (Å²) < 4.78 is 0. The summed E-state index contributed by atoms with van der Waals surface area (Å²) in [5.41, 5.74) is 0.173. The molecule has 0 radical (unpaired) electrons. The second-order valence-corrected chi connectivity index (χ2v) is 9.48. The zero-order valence-electron chi connectivity index (χ0n) is 15.5. The van der Waals surface area contributed by atoms with Gasteiger partial charge in [-0.1, -0.05) is 41.5 Å². The van der Waals surface area contributed by atoms with E-state index >= 15 is 0 Å². The summed E-state index contributed by atoms with van der Waals surface area (Å²) in [6.45, 7) is 15.2. The van der Waals surface area contributed by atoms with E-state index in [0.29, 0.717) is 36.9 Å². The molecule has 0 saturated carbocycles. The largest absolute Gasteiger partial charge is 0.300 e. The fraction of sp³-hybridized carbons (Fsp3) is 0.895. The zero-order chi connectivity index (χ0) is 17.0. The van der Waals surface area contributed by atoms with E-state index in [9.17, 15) is 9.59 Å². The van der Waals surface area contributed by atoms with Gasteiger partial charge in [-0.2, -0.15) is 0 Å². The van der Waals surface area contributed by atoms with Gasteiger partial charge in [-0.25, -0.2) is 0 Å². The van der Waals surface area contributed by atoms with Crippen molar-refractivity contribution in [2.75, 3.05) is 19.6 Å². The van der Waals surface area contributed by atoms with Crippen LogP contribution in [0.4, 0.5) is 0 Å². The van der Waals surface area contributed by atoms with Gasteiger partial charge in [0.2, 0.25) is 0 Å². The maximum atomic E-state index is 12.1. The van der Waals surface area contributed by atoms with Crippen LogP contribution in [-0.4, -0.2) is 36.1 Å². The minimum absolute atomic E-state index is 0.0782. The van der Waals surface area contributed by atoms with Gasteiger partial charge in [0.05, 0.1) is 6.54 Å². The van der Waals surface area contributed by atoms with Gasteiger partial charge in [-0.3, -0.25) is 14.5 Å². The topological polar surface area (TPSA) is 37.4 Å². The molecule has 1 saturated heterocycles. The predicted molar refractivity (Wildman–Crippen MR) is 91.9 cm³/mol. The molecule has 0 N–H and O–H groups in total. The van der Waals surface area contributed by atoms with E-state index in [-0.39, 0.29) is 10.8 Å². The van der Waals surface area contributed by atoms with E-state index < -0.39 is 0 Å². The summed E-state index contributed by atoms with van der Waals surface area (Å²) in [7, 11) is 0. The molecule has 3 heteroatoms. The third kappa shape index (κ3) is 8.67. The fourth-order valence-corrected chi connectivity index (χ4v) is 3.23. The number of rotatable bonds is 6. The molecule has 0 unspecified atom stereocenters. The Morgan fingerprint density at radius 3 is 1.77 bits per heavy atom. The summed E-state index contributed by atoms with van der Waals surface area (Å²) in [5.74, 6) is 1.26. The Kier molecular flexibility index (Phi) is 6.79. The van der Waals surface area contributed by atoms with E-state index in [0.717, 1.165) is 32.4 Å². The maximum absolute atomic E-state index is 12.1. The molecule has 3 nitrogen and oxygen atoms in total. The lowest BCUT2D eigenvalue weighted by Gasteiger charge is -2.32. The molecule has 0 spiro atoms. The lowest BCUT2D eigenvalue weighted by atomic mass is 9.84. The van der Waals surface area contributed by atoms with E-state index in [1.807, 2.05) is 0 Å². The van der Waals surface area contributed by atoms with Crippen LogP contribution in [0.1, 0.15) is 73.6 Å². The number of nitrogens with zero attached hydrogens (tertiary/aromatic N) is 1. The van der Waals surface area contributed by atoms with Gasteiger partial charge >= 0.3 is 0 Å². The Morgan fingerprint density at radius 2 is 1.32 bits per heavy atom. The van der Waals surface area contributed by atoms with Crippen molar-refractivity contribution in [1.82, 2.24) is 4.90 Å². The van der Waals surface area contributed by atoms with Crippen LogP contribution >= 0.6 is 0 Å². The van der Waals surface area contributed by atoms with Crippen LogP contribution < -0.4 is 0 Å². The van der Waals surface area contributed by atoms with Crippen molar-refractivity contribution in [1.29, 1.82) is 0 Å². The Labute approximate surface area is 136 Å². The second-order valence-electron chi connectivity index (χ2n) is 9.48. The third-order valence-corrected chi connectivity index (χ3v) is 4.08. The highest BCUT2D eigenvalue weighted by Crippen LogP contribution is 2.26. The monoisotopic (exact) mass is 309 g/mol. The molecular weight excluding hydrogens is 274 g/mol. The average Bonchev–Trinajstić information content (AvgIpc) is 2.26. The van der Waals surface area contributed by atoms with Gasteiger partial charge in [0.15, 0.2) is 0 Å². The molecule has 1 aliphatic heterocycles. The molecule has 0 aromatic rings. The number of carbonyl (C=O) groups is 2. The highest BCUT2D eigenvalue weighted by Gasteiger charge is 2.25. The van der Waals surface area contributed by atoms with Crippen molar-refractivity contribution in [3.05, 3.63) is 0 Å². The fourth-order valence-electron chi connectivity index (χ4n) is 3.23. The third-order valence-electron chi connectivity index (χ3n) is 4.08. The second kappa shape index (κ2) is 7.72. The molecule has 0 aromatic carbocycles.